The fourth-order valence-electron chi connectivity index (χ4n) is 2.44. The van der Waals surface area contributed by atoms with Gasteiger partial charge >= 0.3 is 6.16 Å². The molecule has 1 heterocycles. The van der Waals surface area contributed by atoms with Gasteiger partial charge in [0.15, 0.2) is 5.60 Å². The highest BCUT2D eigenvalue weighted by atomic mass is 16.8. The van der Waals surface area contributed by atoms with Gasteiger partial charge in [-0.1, -0.05) is 50.8 Å². The minimum Gasteiger partial charge on any atom is -0.419 e. The number of carbonyl (C=O) groups excluding carboxylic acids is 1. The van der Waals surface area contributed by atoms with Crippen LogP contribution < -0.4 is 0 Å². The third kappa shape index (κ3) is 2.26. The van der Waals surface area contributed by atoms with Crippen LogP contribution in [-0.4, -0.2) is 11.8 Å². The van der Waals surface area contributed by atoms with Crippen molar-refractivity contribution in [3.8, 4) is 0 Å². The summed E-state index contributed by atoms with van der Waals surface area (Å²) < 4.78 is 10.2. The van der Waals surface area contributed by atoms with E-state index in [-0.39, 0.29) is 5.41 Å². The van der Waals surface area contributed by atoms with Crippen LogP contribution in [0, 0.1) is 0 Å². The molecule has 0 saturated carbocycles. The highest BCUT2D eigenvalue weighted by Gasteiger charge is 2.46. The molecule has 0 aliphatic carbocycles. The normalized spacial score (nSPS) is 23.7. The van der Waals surface area contributed by atoms with Crippen molar-refractivity contribution in [2.75, 3.05) is 0 Å². The van der Waals surface area contributed by atoms with Gasteiger partial charge < -0.3 is 9.47 Å². The zero-order chi connectivity index (χ0) is 13.4. The number of carbonyl (C=O) groups is 1. The van der Waals surface area contributed by atoms with Crippen LogP contribution in [0.4, 0.5) is 4.79 Å². The molecule has 2 rings (SSSR count). The van der Waals surface area contributed by atoms with Gasteiger partial charge in [-0.3, -0.25) is 0 Å². The SMILES string of the molecule is C=C1OC(=O)OC1(C)CC(C)(C)c1ccccc1. The van der Waals surface area contributed by atoms with Crippen molar-refractivity contribution in [1.29, 1.82) is 0 Å². The van der Waals surface area contributed by atoms with E-state index in [2.05, 4.69) is 32.6 Å². The van der Waals surface area contributed by atoms with Crippen LogP contribution in [0.15, 0.2) is 42.7 Å². The molecule has 1 aliphatic rings. The van der Waals surface area contributed by atoms with E-state index in [4.69, 9.17) is 9.47 Å². The number of benzene rings is 1. The summed E-state index contributed by atoms with van der Waals surface area (Å²) in [5, 5.41) is 0. The number of cyclic esters (lactones) is 2. The molecule has 0 aromatic heterocycles. The summed E-state index contributed by atoms with van der Waals surface area (Å²) in [6.07, 6.45) is -0.0273. The van der Waals surface area contributed by atoms with Gasteiger partial charge in [0.1, 0.15) is 5.76 Å². The Morgan fingerprint density at radius 3 is 2.39 bits per heavy atom. The van der Waals surface area contributed by atoms with Crippen molar-refractivity contribution < 1.29 is 14.3 Å². The zero-order valence-corrected chi connectivity index (χ0v) is 11.0. The van der Waals surface area contributed by atoms with E-state index in [1.807, 2.05) is 25.1 Å². The first-order chi connectivity index (χ1) is 8.33. The lowest BCUT2D eigenvalue weighted by Gasteiger charge is -2.32. The third-order valence-electron chi connectivity index (χ3n) is 3.44. The highest BCUT2D eigenvalue weighted by molar-refractivity contribution is 5.66. The highest BCUT2D eigenvalue weighted by Crippen LogP contribution is 2.40. The van der Waals surface area contributed by atoms with Gasteiger partial charge in [-0.2, -0.15) is 0 Å². The third-order valence-corrected chi connectivity index (χ3v) is 3.44. The molecular formula is C15H18O3. The quantitative estimate of drug-likeness (QED) is 0.761. The first-order valence-corrected chi connectivity index (χ1v) is 5.99. The van der Waals surface area contributed by atoms with Crippen LogP contribution in [0.5, 0.6) is 0 Å². The fraction of sp³-hybridized carbons (Fsp3) is 0.400. The molecule has 3 heteroatoms. The lowest BCUT2D eigenvalue weighted by molar-refractivity contribution is 0.0585. The second kappa shape index (κ2) is 4.16. The summed E-state index contributed by atoms with van der Waals surface area (Å²) in [4.78, 5) is 11.2. The van der Waals surface area contributed by atoms with Gasteiger partial charge in [0.05, 0.1) is 0 Å². The summed E-state index contributed by atoms with van der Waals surface area (Å²) in [7, 11) is 0. The molecular weight excluding hydrogens is 228 g/mol. The maximum Gasteiger partial charge on any atom is 0.514 e. The second-order valence-corrected chi connectivity index (χ2v) is 5.53. The molecule has 0 spiro atoms. The summed E-state index contributed by atoms with van der Waals surface area (Å²) in [6, 6.07) is 10.1. The Kier molecular flexibility index (Phi) is 2.93. The molecule has 96 valence electrons. The van der Waals surface area contributed by atoms with Gasteiger partial charge in [-0.25, -0.2) is 4.79 Å². The van der Waals surface area contributed by atoms with Crippen LogP contribution in [0.25, 0.3) is 0 Å². The number of hydrogen-bond acceptors (Lipinski definition) is 3. The summed E-state index contributed by atoms with van der Waals surface area (Å²) in [5.74, 6) is 0.386. The summed E-state index contributed by atoms with van der Waals surface area (Å²) >= 11 is 0. The standard InChI is InChI=1S/C15H18O3/c1-11-15(4,18-13(16)17-11)10-14(2,3)12-8-6-5-7-9-12/h5-9H,1,10H2,2-4H3. The van der Waals surface area contributed by atoms with E-state index in [1.165, 1.54) is 5.56 Å². The predicted molar refractivity (Wildman–Crippen MR) is 69.2 cm³/mol. The van der Waals surface area contributed by atoms with Gasteiger partial charge in [-0.05, 0) is 17.9 Å². The molecule has 3 nitrogen and oxygen atoms in total. The minimum absolute atomic E-state index is 0.132. The van der Waals surface area contributed by atoms with Crippen LogP contribution in [0.2, 0.25) is 0 Å². The topological polar surface area (TPSA) is 35.5 Å². The molecule has 1 fully saturated rings. The zero-order valence-electron chi connectivity index (χ0n) is 11.0. The fourth-order valence-corrected chi connectivity index (χ4v) is 2.44. The molecule has 1 aromatic carbocycles. The number of hydrogen-bond donors (Lipinski definition) is 0. The van der Waals surface area contributed by atoms with Gasteiger partial charge in [-0.15, -0.1) is 0 Å². The van der Waals surface area contributed by atoms with Crippen LogP contribution in [0.3, 0.4) is 0 Å². The van der Waals surface area contributed by atoms with E-state index in [1.54, 1.807) is 0 Å². The Hall–Kier alpha value is -1.77. The molecule has 1 saturated heterocycles. The maximum absolute atomic E-state index is 11.2. The summed E-state index contributed by atoms with van der Waals surface area (Å²) in [5.41, 5.74) is 0.311. The Labute approximate surface area is 107 Å². The largest absolute Gasteiger partial charge is 0.514 e. The first-order valence-electron chi connectivity index (χ1n) is 5.99. The molecule has 1 unspecified atom stereocenters. The minimum atomic E-state index is -0.754. The van der Waals surface area contributed by atoms with Crippen molar-refractivity contribution in [3.63, 3.8) is 0 Å². The lowest BCUT2D eigenvalue weighted by atomic mass is 9.75. The lowest BCUT2D eigenvalue weighted by Crippen LogP contribution is -2.34. The van der Waals surface area contributed by atoms with Gasteiger partial charge in [0.2, 0.25) is 0 Å². The average Bonchev–Trinajstić information content (AvgIpc) is 2.52. The molecule has 0 bridgehead atoms. The molecule has 0 amide bonds. The molecule has 0 radical (unpaired) electrons. The van der Waals surface area contributed by atoms with Crippen LogP contribution >= 0.6 is 0 Å². The Morgan fingerprint density at radius 1 is 1.28 bits per heavy atom. The summed E-state index contributed by atoms with van der Waals surface area (Å²) in [6.45, 7) is 9.84. The predicted octanol–water partition coefficient (Wildman–Crippen LogP) is 3.79. The first kappa shape index (κ1) is 12.7. The maximum atomic E-state index is 11.2. The van der Waals surface area contributed by atoms with Crippen LogP contribution in [0.1, 0.15) is 32.8 Å². The smallest absolute Gasteiger partial charge is 0.419 e. The molecule has 1 aliphatic heterocycles. The van der Waals surface area contributed by atoms with Crippen molar-refractivity contribution in [2.45, 2.75) is 38.2 Å². The van der Waals surface area contributed by atoms with Crippen molar-refractivity contribution in [2.24, 2.45) is 0 Å². The van der Waals surface area contributed by atoms with E-state index in [0.29, 0.717) is 12.2 Å². The van der Waals surface area contributed by atoms with Crippen molar-refractivity contribution in [1.82, 2.24) is 0 Å². The van der Waals surface area contributed by atoms with Gasteiger partial charge in [0.25, 0.3) is 0 Å². The van der Waals surface area contributed by atoms with Crippen LogP contribution in [-0.2, 0) is 14.9 Å². The molecule has 1 aromatic rings. The molecule has 0 N–H and O–H groups in total. The molecule has 18 heavy (non-hydrogen) atoms. The number of rotatable bonds is 3. The van der Waals surface area contributed by atoms with E-state index in [0.717, 1.165) is 0 Å². The van der Waals surface area contributed by atoms with Crippen molar-refractivity contribution >= 4 is 6.16 Å². The van der Waals surface area contributed by atoms with E-state index in [9.17, 15) is 4.79 Å². The van der Waals surface area contributed by atoms with E-state index >= 15 is 0 Å². The van der Waals surface area contributed by atoms with Crippen molar-refractivity contribution in [3.05, 3.63) is 48.2 Å². The number of ether oxygens (including phenoxy) is 2. The monoisotopic (exact) mass is 246 g/mol. The Bertz CT molecular complexity index is 476. The second-order valence-electron chi connectivity index (χ2n) is 5.53. The Balaban J connectivity index is 2.23. The van der Waals surface area contributed by atoms with E-state index < -0.39 is 11.8 Å². The van der Waals surface area contributed by atoms with Gasteiger partial charge in [0, 0.05) is 6.42 Å². The molecule has 1 atom stereocenters. The Morgan fingerprint density at radius 2 is 1.89 bits per heavy atom. The average molecular weight is 246 g/mol.